The van der Waals surface area contributed by atoms with E-state index in [1.165, 1.54) is 17.7 Å². The van der Waals surface area contributed by atoms with Crippen LogP contribution in [-0.2, 0) is 0 Å². The Morgan fingerprint density at radius 1 is 1.38 bits per heavy atom. The van der Waals surface area contributed by atoms with Crippen LogP contribution in [0.25, 0.3) is 0 Å². The van der Waals surface area contributed by atoms with Gasteiger partial charge in [-0.25, -0.2) is 4.39 Å². The van der Waals surface area contributed by atoms with Crippen LogP contribution in [0.15, 0.2) is 24.3 Å². The molecule has 2 N–H and O–H groups in total. The molecule has 1 aromatic carbocycles. The standard InChI is InChI=1S/C13H18FNO/c1-9(16)8-15-13-6-11(7-13)10-2-4-12(14)5-3-10/h2-5,9,11,13,15-16H,6-8H2,1H3/t9-,11?,13?/m0/s1. The molecule has 0 bridgehead atoms. The monoisotopic (exact) mass is 223 g/mol. The first kappa shape index (κ1) is 11.6. The Bertz CT molecular complexity index is 330. The second kappa shape index (κ2) is 4.93. The van der Waals surface area contributed by atoms with E-state index in [0.29, 0.717) is 18.5 Å². The smallest absolute Gasteiger partial charge is 0.123 e. The van der Waals surface area contributed by atoms with E-state index in [0.717, 1.165) is 12.8 Å². The maximum Gasteiger partial charge on any atom is 0.123 e. The van der Waals surface area contributed by atoms with E-state index in [2.05, 4.69) is 5.32 Å². The van der Waals surface area contributed by atoms with Crippen LogP contribution in [0.5, 0.6) is 0 Å². The molecule has 0 aromatic heterocycles. The lowest BCUT2D eigenvalue weighted by Gasteiger charge is -2.36. The summed E-state index contributed by atoms with van der Waals surface area (Å²) in [6.07, 6.45) is 1.88. The Morgan fingerprint density at radius 2 is 2.00 bits per heavy atom. The average molecular weight is 223 g/mol. The number of nitrogens with one attached hydrogen (secondary N) is 1. The van der Waals surface area contributed by atoms with Gasteiger partial charge in [-0.2, -0.15) is 0 Å². The first-order valence-electron chi connectivity index (χ1n) is 5.82. The van der Waals surface area contributed by atoms with Gasteiger partial charge in [0.25, 0.3) is 0 Å². The van der Waals surface area contributed by atoms with Crippen LogP contribution in [0, 0.1) is 5.82 Å². The first-order valence-corrected chi connectivity index (χ1v) is 5.82. The molecule has 0 unspecified atom stereocenters. The summed E-state index contributed by atoms with van der Waals surface area (Å²) in [6, 6.07) is 7.28. The molecule has 2 rings (SSSR count). The number of hydrogen-bond donors (Lipinski definition) is 2. The molecule has 0 amide bonds. The van der Waals surface area contributed by atoms with Crippen molar-refractivity contribution >= 4 is 0 Å². The quantitative estimate of drug-likeness (QED) is 0.818. The predicted molar refractivity (Wildman–Crippen MR) is 61.8 cm³/mol. The molecule has 0 heterocycles. The second-order valence-corrected chi connectivity index (χ2v) is 4.67. The normalized spacial score (nSPS) is 26.2. The molecule has 0 aliphatic heterocycles. The van der Waals surface area contributed by atoms with Crippen molar-refractivity contribution in [3.05, 3.63) is 35.6 Å². The van der Waals surface area contributed by atoms with Crippen molar-refractivity contribution in [3.63, 3.8) is 0 Å². The van der Waals surface area contributed by atoms with Crippen molar-refractivity contribution in [2.45, 2.75) is 37.8 Å². The van der Waals surface area contributed by atoms with Gasteiger partial charge in [-0.3, -0.25) is 0 Å². The Hall–Kier alpha value is -0.930. The van der Waals surface area contributed by atoms with Crippen molar-refractivity contribution in [1.82, 2.24) is 5.32 Å². The summed E-state index contributed by atoms with van der Waals surface area (Å²) < 4.78 is 12.7. The van der Waals surface area contributed by atoms with Crippen molar-refractivity contribution in [1.29, 1.82) is 0 Å². The summed E-state index contributed by atoms with van der Waals surface area (Å²) in [4.78, 5) is 0. The highest BCUT2D eigenvalue weighted by atomic mass is 19.1. The molecule has 1 atom stereocenters. The third-order valence-electron chi connectivity index (χ3n) is 3.18. The van der Waals surface area contributed by atoms with E-state index in [1.54, 1.807) is 6.92 Å². The summed E-state index contributed by atoms with van der Waals surface area (Å²) in [7, 11) is 0. The minimum atomic E-state index is -0.287. The molecule has 0 radical (unpaired) electrons. The molecule has 1 saturated carbocycles. The SMILES string of the molecule is C[C@H](O)CNC1CC(c2ccc(F)cc2)C1. The van der Waals surface area contributed by atoms with Gasteiger partial charge >= 0.3 is 0 Å². The van der Waals surface area contributed by atoms with Crippen LogP contribution in [0.3, 0.4) is 0 Å². The van der Waals surface area contributed by atoms with Crippen molar-refractivity contribution < 1.29 is 9.50 Å². The number of aliphatic hydroxyl groups excluding tert-OH is 1. The van der Waals surface area contributed by atoms with Crippen LogP contribution < -0.4 is 5.32 Å². The molecule has 1 fully saturated rings. The van der Waals surface area contributed by atoms with Gasteiger partial charge in [-0.15, -0.1) is 0 Å². The lowest BCUT2D eigenvalue weighted by Crippen LogP contribution is -2.42. The molecule has 88 valence electrons. The fraction of sp³-hybridized carbons (Fsp3) is 0.538. The maximum absolute atomic E-state index is 12.7. The maximum atomic E-state index is 12.7. The number of benzene rings is 1. The van der Waals surface area contributed by atoms with E-state index in [-0.39, 0.29) is 11.9 Å². The fourth-order valence-electron chi connectivity index (χ4n) is 2.13. The third kappa shape index (κ3) is 2.80. The molecule has 1 aliphatic rings. The van der Waals surface area contributed by atoms with Gasteiger partial charge in [-0.1, -0.05) is 12.1 Å². The lowest BCUT2D eigenvalue weighted by molar-refractivity contribution is 0.171. The van der Waals surface area contributed by atoms with Gasteiger partial charge in [0.1, 0.15) is 5.82 Å². The number of aliphatic hydroxyl groups is 1. The largest absolute Gasteiger partial charge is 0.392 e. The highest BCUT2D eigenvalue weighted by Crippen LogP contribution is 2.36. The van der Waals surface area contributed by atoms with Gasteiger partial charge in [0, 0.05) is 12.6 Å². The Labute approximate surface area is 95.5 Å². The van der Waals surface area contributed by atoms with Crippen LogP contribution in [0.1, 0.15) is 31.2 Å². The molecule has 0 spiro atoms. The van der Waals surface area contributed by atoms with Crippen LogP contribution >= 0.6 is 0 Å². The first-order chi connectivity index (χ1) is 7.65. The Balaban J connectivity index is 1.77. The van der Waals surface area contributed by atoms with E-state index in [4.69, 9.17) is 5.11 Å². The molecular weight excluding hydrogens is 205 g/mol. The lowest BCUT2D eigenvalue weighted by atomic mass is 9.76. The molecule has 0 saturated heterocycles. The number of rotatable bonds is 4. The molecule has 1 aliphatic carbocycles. The Morgan fingerprint density at radius 3 is 2.56 bits per heavy atom. The summed E-state index contributed by atoms with van der Waals surface area (Å²) >= 11 is 0. The van der Waals surface area contributed by atoms with Crippen molar-refractivity contribution in [2.75, 3.05) is 6.54 Å². The van der Waals surface area contributed by atoms with Gasteiger partial charge < -0.3 is 10.4 Å². The van der Waals surface area contributed by atoms with Crippen LogP contribution in [0.2, 0.25) is 0 Å². The van der Waals surface area contributed by atoms with Crippen molar-refractivity contribution in [2.24, 2.45) is 0 Å². The predicted octanol–water partition coefficient (Wildman–Crippen LogP) is 2.04. The topological polar surface area (TPSA) is 32.3 Å². The highest BCUT2D eigenvalue weighted by molar-refractivity contribution is 5.23. The Kier molecular flexibility index (Phi) is 3.56. The molecule has 2 nitrogen and oxygen atoms in total. The van der Waals surface area contributed by atoms with Crippen LogP contribution in [-0.4, -0.2) is 23.8 Å². The van der Waals surface area contributed by atoms with E-state index >= 15 is 0 Å². The number of hydrogen-bond acceptors (Lipinski definition) is 2. The van der Waals surface area contributed by atoms with E-state index in [1.807, 2.05) is 12.1 Å². The third-order valence-corrected chi connectivity index (χ3v) is 3.18. The van der Waals surface area contributed by atoms with Gasteiger partial charge in [0.05, 0.1) is 6.10 Å². The summed E-state index contributed by atoms with van der Waals surface area (Å²) in [5.41, 5.74) is 1.22. The van der Waals surface area contributed by atoms with Gasteiger partial charge in [0.15, 0.2) is 0 Å². The van der Waals surface area contributed by atoms with Gasteiger partial charge in [0.2, 0.25) is 0 Å². The molecule has 1 aromatic rings. The van der Waals surface area contributed by atoms with Crippen LogP contribution in [0.4, 0.5) is 4.39 Å². The second-order valence-electron chi connectivity index (χ2n) is 4.67. The van der Waals surface area contributed by atoms with Gasteiger partial charge in [-0.05, 0) is 43.4 Å². The molecule has 16 heavy (non-hydrogen) atoms. The summed E-state index contributed by atoms with van der Waals surface area (Å²) in [5, 5.41) is 12.4. The van der Waals surface area contributed by atoms with E-state index < -0.39 is 0 Å². The zero-order valence-electron chi connectivity index (χ0n) is 9.49. The van der Waals surface area contributed by atoms with Crippen molar-refractivity contribution in [3.8, 4) is 0 Å². The number of halogens is 1. The fourth-order valence-corrected chi connectivity index (χ4v) is 2.13. The molecule has 3 heteroatoms. The zero-order chi connectivity index (χ0) is 11.5. The zero-order valence-corrected chi connectivity index (χ0v) is 9.49. The minimum Gasteiger partial charge on any atom is -0.392 e. The average Bonchev–Trinajstić information content (AvgIpc) is 2.18. The summed E-state index contributed by atoms with van der Waals surface area (Å²) in [6.45, 7) is 2.43. The summed E-state index contributed by atoms with van der Waals surface area (Å²) in [5.74, 6) is 0.374. The highest BCUT2D eigenvalue weighted by Gasteiger charge is 2.29. The minimum absolute atomic E-state index is 0.174. The molecular formula is C13H18FNO. The van der Waals surface area contributed by atoms with E-state index in [9.17, 15) is 4.39 Å².